The molecule has 0 unspecified atom stereocenters. The first-order valence-electron chi connectivity index (χ1n) is 5.23. The summed E-state index contributed by atoms with van der Waals surface area (Å²) in [6.45, 7) is 0. The summed E-state index contributed by atoms with van der Waals surface area (Å²) in [7, 11) is 0. The van der Waals surface area contributed by atoms with Gasteiger partial charge in [0.05, 0.1) is 9.85 Å². The number of halogens is 3. The summed E-state index contributed by atoms with van der Waals surface area (Å²) >= 11 is 9.30. The molecule has 0 aromatic carbocycles. The van der Waals surface area contributed by atoms with Gasteiger partial charge in [0.25, 0.3) is 0 Å². The molecular formula is C10H6ClI2N5O4. The highest BCUT2D eigenvalue weighted by Gasteiger charge is 2.13. The molecule has 2 N–H and O–H groups in total. The van der Waals surface area contributed by atoms with Crippen molar-refractivity contribution in [1.82, 2.24) is 9.97 Å². The lowest BCUT2D eigenvalue weighted by Crippen LogP contribution is -1.98. The predicted octanol–water partition coefficient (Wildman–Crippen LogP) is 3.42. The van der Waals surface area contributed by atoms with Gasteiger partial charge in [-0.15, -0.1) is 0 Å². The van der Waals surface area contributed by atoms with E-state index in [1.165, 1.54) is 24.5 Å². The SMILES string of the molecule is Nc1ncc(I)cc1[N+](=O)[O-].O=[N+]([O-])c1cc(I)cnc1Cl. The molecule has 0 saturated heterocycles. The van der Waals surface area contributed by atoms with Crippen LogP contribution in [-0.2, 0) is 0 Å². The lowest BCUT2D eigenvalue weighted by atomic mass is 10.4. The summed E-state index contributed by atoms with van der Waals surface area (Å²) in [5, 5.41) is 20.4. The van der Waals surface area contributed by atoms with E-state index in [9.17, 15) is 20.2 Å². The molecule has 0 aliphatic carbocycles. The molecule has 0 aliphatic heterocycles. The van der Waals surface area contributed by atoms with E-state index in [-0.39, 0.29) is 22.3 Å². The fraction of sp³-hybridized carbons (Fsp3) is 0. The standard InChI is InChI=1S/C5H2ClIN2O2.C5H4IN3O2/c6-5-4(9(10)11)1-3(7)2-8-5;6-3-1-4(9(10)11)5(7)8-2-3/h1-2H;1-2H,(H2,7,8). The van der Waals surface area contributed by atoms with Gasteiger partial charge in [-0.2, -0.15) is 0 Å². The minimum Gasteiger partial charge on any atom is -0.378 e. The Morgan fingerprint density at radius 1 is 1.00 bits per heavy atom. The summed E-state index contributed by atoms with van der Waals surface area (Å²) in [6, 6.07) is 2.75. The zero-order chi connectivity index (χ0) is 16.9. The Balaban J connectivity index is 0.000000220. The molecule has 0 atom stereocenters. The second kappa shape index (κ2) is 8.33. The Bertz CT molecular complexity index is 669. The molecule has 12 heteroatoms. The molecule has 0 aliphatic rings. The summed E-state index contributed by atoms with van der Waals surface area (Å²) in [4.78, 5) is 26.6. The molecule has 2 aromatic heterocycles. The number of hydrogen-bond acceptors (Lipinski definition) is 7. The van der Waals surface area contributed by atoms with Crippen LogP contribution in [0.25, 0.3) is 0 Å². The van der Waals surface area contributed by atoms with Crippen LogP contribution in [0, 0.1) is 27.4 Å². The Labute approximate surface area is 155 Å². The molecule has 0 spiro atoms. The van der Waals surface area contributed by atoms with E-state index in [0.29, 0.717) is 7.14 Å². The van der Waals surface area contributed by atoms with Crippen molar-refractivity contribution in [3.05, 3.63) is 57.0 Å². The van der Waals surface area contributed by atoms with Gasteiger partial charge in [-0.1, -0.05) is 11.6 Å². The maximum absolute atomic E-state index is 10.3. The van der Waals surface area contributed by atoms with E-state index in [1.807, 2.05) is 45.2 Å². The fourth-order valence-electron chi connectivity index (χ4n) is 1.13. The van der Waals surface area contributed by atoms with Crippen molar-refractivity contribution in [2.45, 2.75) is 0 Å². The average molecular weight is 549 g/mol. The Morgan fingerprint density at radius 2 is 1.45 bits per heavy atom. The highest BCUT2D eigenvalue weighted by atomic mass is 127. The van der Waals surface area contributed by atoms with Crippen LogP contribution in [0.3, 0.4) is 0 Å². The van der Waals surface area contributed by atoms with Crippen LogP contribution in [0.4, 0.5) is 17.2 Å². The van der Waals surface area contributed by atoms with Crippen molar-refractivity contribution >= 4 is 74.0 Å². The number of nitrogens with two attached hydrogens (primary N) is 1. The summed E-state index contributed by atoms with van der Waals surface area (Å²) < 4.78 is 1.39. The lowest BCUT2D eigenvalue weighted by Gasteiger charge is -1.94. The van der Waals surface area contributed by atoms with Gasteiger partial charge in [-0.3, -0.25) is 20.2 Å². The molecule has 2 heterocycles. The second-order valence-electron chi connectivity index (χ2n) is 3.54. The molecule has 22 heavy (non-hydrogen) atoms. The molecule has 0 bridgehead atoms. The minimum absolute atomic E-state index is 0.0459. The van der Waals surface area contributed by atoms with Gasteiger partial charge in [-0.05, 0) is 45.2 Å². The normalized spacial score (nSPS) is 9.59. The van der Waals surface area contributed by atoms with Gasteiger partial charge in [0, 0.05) is 31.7 Å². The highest BCUT2D eigenvalue weighted by Crippen LogP contribution is 2.22. The quantitative estimate of drug-likeness (QED) is 0.262. The number of aromatic nitrogens is 2. The third-order valence-corrected chi connectivity index (χ3v) is 3.52. The van der Waals surface area contributed by atoms with Crippen molar-refractivity contribution in [2.24, 2.45) is 0 Å². The van der Waals surface area contributed by atoms with Crippen molar-refractivity contribution in [3.8, 4) is 0 Å². The predicted molar refractivity (Wildman–Crippen MR) is 96.6 cm³/mol. The molecule has 9 nitrogen and oxygen atoms in total. The third kappa shape index (κ3) is 5.45. The van der Waals surface area contributed by atoms with Gasteiger partial charge in [0.2, 0.25) is 11.0 Å². The maximum Gasteiger partial charge on any atom is 0.312 e. The van der Waals surface area contributed by atoms with Gasteiger partial charge in [-0.25, -0.2) is 9.97 Å². The summed E-state index contributed by atoms with van der Waals surface area (Å²) in [5.74, 6) is -0.0459. The Kier molecular flexibility index (Phi) is 7.08. The van der Waals surface area contributed by atoms with E-state index < -0.39 is 9.85 Å². The zero-order valence-electron chi connectivity index (χ0n) is 10.4. The van der Waals surface area contributed by atoms with E-state index >= 15 is 0 Å². The zero-order valence-corrected chi connectivity index (χ0v) is 15.5. The second-order valence-corrected chi connectivity index (χ2v) is 6.38. The molecule has 0 amide bonds. The topological polar surface area (TPSA) is 138 Å². The number of nitro groups is 2. The molecule has 2 rings (SSSR count). The largest absolute Gasteiger partial charge is 0.378 e. The van der Waals surface area contributed by atoms with Crippen LogP contribution in [-0.4, -0.2) is 19.8 Å². The van der Waals surface area contributed by atoms with Crippen molar-refractivity contribution in [2.75, 3.05) is 5.73 Å². The van der Waals surface area contributed by atoms with Crippen molar-refractivity contribution < 1.29 is 9.85 Å². The number of rotatable bonds is 2. The number of nitrogen functional groups attached to an aromatic ring is 1. The molecule has 116 valence electrons. The van der Waals surface area contributed by atoms with E-state index in [1.54, 1.807) is 0 Å². The van der Waals surface area contributed by atoms with Gasteiger partial charge >= 0.3 is 11.4 Å². The minimum atomic E-state index is -0.558. The highest BCUT2D eigenvalue weighted by molar-refractivity contribution is 14.1. The van der Waals surface area contributed by atoms with E-state index in [4.69, 9.17) is 17.3 Å². The molecule has 0 saturated carbocycles. The maximum atomic E-state index is 10.3. The van der Waals surface area contributed by atoms with Crippen molar-refractivity contribution in [1.29, 1.82) is 0 Å². The third-order valence-electron chi connectivity index (χ3n) is 2.04. The van der Waals surface area contributed by atoms with Crippen LogP contribution >= 0.6 is 56.8 Å². The molecular weight excluding hydrogens is 543 g/mol. The summed E-state index contributed by atoms with van der Waals surface area (Å²) in [6.07, 6.45) is 2.94. The fourth-order valence-corrected chi connectivity index (χ4v) is 2.17. The van der Waals surface area contributed by atoms with Gasteiger partial charge in [0.1, 0.15) is 0 Å². The van der Waals surface area contributed by atoms with Crippen LogP contribution in [0.5, 0.6) is 0 Å². The molecule has 2 aromatic rings. The van der Waals surface area contributed by atoms with Crippen LogP contribution in [0.1, 0.15) is 0 Å². The Hall–Kier alpha value is -1.35. The first-order chi connectivity index (χ1) is 10.2. The van der Waals surface area contributed by atoms with Crippen LogP contribution in [0.2, 0.25) is 5.15 Å². The smallest absolute Gasteiger partial charge is 0.312 e. The first-order valence-corrected chi connectivity index (χ1v) is 7.76. The average Bonchev–Trinajstić information content (AvgIpc) is 2.44. The number of anilines is 1. The number of pyridine rings is 2. The number of hydrogen-bond donors (Lipinski definition) is 1. The first kappa shape index (κ1) is 18.7. The monoisotopic (exact) mass is 549 g/mol. The summed E-state index contributed by atoms with van der Waals surface area (Å²) in [5.41, 5.74) is 4.94. The lowest BCUT2D eigenvalue weighted by molar-refractivity contribution is -0.385. The van der Waals surface area contributed by atoms with Crippen LogP contribution < -0.4 is 5.73 Å². The molecule has 0 fully saturated rings. The van der Waals surface area contributed by atoms with Gasteiger partial charge in [0.15, 0.2) is 0 Å². The Morgan fingerprint density at radius 3 is 1.86 bits per heavy atom. The van der Waals surface area contributed by atoms with Crippen LogP contribution in [0.15, 0.2) is 24.5 Å². The van der Waals surface area contributed by atoms with E-state index in [2.05, 4.69) is 9.97 Å². The number of nitrogens with zero attached hydrogens (tertiary/aromatic N) is 4. The molecule has 0 radical (unpaired) electrons. The van der Waals surface area contributed by atoms with Crippen molar-refractivity contribution in [3.63, 3.8) is 0 Å². The van der Waals surface area contributed by atoms with Gasteiger partial charge < -0.3 is 5.73 Å². The van der Waals surface area contributed by atoms with E-state index in [0.717, 1.165) is 0 Å².